The Balaban J connectivity index is 1.52. The number of H-pyrrole nitrogens is 1. The highest BCUT2D eigenvalue weighted by Crippen LogP contribution is 2.33. The van der Waals surface area contributed by atoms with Gasteiger partial charge in [-0.05, 0) is 32.3 Å². The van der Waals surface area contributed by atoms with Gasteiger partial charge in [-0.25, -0.2) is 0 Å². The van der Waals surface area contributed by atoms with Crippen LogP contribution in [0.4, 0.5) is 0 Å². The van der Waals surface area contributed by atoms with Crippen LogP contribution in [-0.2, 0) is 16.1 Å². The molecule has 1 aromatic heterocycles. The minimum absolute atomic E-state index is 0.211. The predicted molar refractivity (Wildman–Crippen MR) is 108 cm³/mol. The zero-order chi connectivity index (χ0) is 19.4. The zero-order valence-corrected chi connectivity index (χ0v) is 17.3. The van der Waals surface area contributed by atoms with Crippen LogP contribution in [0.2, 0.25) is 0 Å². The van der Waals surface area contributed by atoms with Gasteiger partial charge in [-0.15, -0.1) is 4.72 Å². The van der Waals surface area contributed by atoms with Gasteiger partial charge in [0.2, 0.25) is 0 Å². The number of aromatic amines is 1. The van der Waals surface area contributed by atoms with Crippen molar-refractivity contribution in [2.45, 2.75) is 51.6 Å². The van der Waals surface area contributed by atoms with E-state index in [-0.39, 0.29) is 11.5 Å². The van der Waals surface area contributed by atoms with Gasteiger partial charge < -0.3 is 19.2 Å². The molecule has 2 heterocycles. The van der Waals surface area contributed by atoms with E-state index in [9.17, 15) is 4.55 Å². The second-order valence-electron chi connectivity index (χ2n) is 7.87. The first-order valence-corrected chi connectivity index (χ1v) is 11.0. The molecule has 2 N–H and O–H groups in total. The topological polar surface area (TPSA) is 87.1 Å². The Kier molecular flexibility index (Phi) is 6.53. The maximum Gasteiger partial charge on any atom is 0.136 e. The third kappa shape index (κ3) is 4.52. The molecule has 1 aliphatic carbocycles. The Labute approximate surface area is 164 Å². The first-order chi connectivity index (χ1) is 13.0. The third-order valence-corrected chi connectivity index (χ3v) is 7.24. The van der Waals surface area contributed by atoms with Crippen molar-refractivity contribution < 1.29 is 9.29 Å². The van der Waals surface area contributed by atoms with E-state index in [1.54, 1.807) is 0 Å². The summed E-state index contributed by atoms with van der Waals surface area (Å²) < 4.78 is 20.9. The van der Waals surface area contributed by atoms with Crippen molar-refractivity contribution in [3.05, 3.63) is 22.8 Å². The van der Waals surface area contributed by atoms with Crippen LogP contribution in [-0.4, -0.2) is 52.5 Å². The normalized spacial score (nSPS) is 26.6. The van der Waals surface area contributed by atoms with Gasteiger partial charge in [0, 0.05) is 53.3 Å². The summed E-state index contributed by atoms with van der Waals surface area (Å²) >= 11 is -1.11. The van der Waals surface area contributed by atoms with E-state index >= 15 is 0 Å². The summed E-state index contributed by atoms with van der Waals surface area (Å²) in [5.74, 6) is 0.502. The second kappa shape index (κ2) is 8.70. The molecule has 0 bridgehead atoms. The molecule has 7 heteroatoms. The number of rotatable bonds is 8. The maximum absolute atomic E-state index is 12.5. The van der Waals surface area contributed by atoms with Gasteiger partial charge in [-0.1, -0.05) is 13.0 Å². The average molecular weight is 391 g/mol. The Bertz CT molecular complexity index is 790. The van der Waals surface area contributed by atoms with Gasteiger partial charge >= 0.3 is 0 Å². The molecule has 3 rings (SSSR count). The lowest BCUT2D eigenvalue weighted by Crippen LogP contribution is -2.56. The second-order valence-corrected chi connectivity index (χ2v) is 9.09. The smallest absolute Gasteiger partial charge is 0.136 e. The molecule has 6 nitrogen and oxygen atoms in total. The highest BCUT2D eigenvalue weighted by atomic mass is 32.2. The molecule has 2 fully saturated rings. The van der Waals surface area contributed by atoms with Crippen LogP contribution in [0.3, 0.4) is 0 Å². The van der Waals surface area contributed by atoms with E-state index in [1.165, 1.54) is 16.3 Å². The van der Waals surface area contributed by atoms with Crippen LogP contribution < -0.4 is 15.3 Å². The first-order valence-electron chi connectivity index (χ1n) is 9.64. The van der Waals surface area contributed by atoms with Gasteiger partial charge in [-0.2, -0.15) is 5.26 Å². The number of nitriles is 1. The van der Waals surface area contributed by atoms with Crippen LogP contribution in [0.1, 0.15) is 39.5 Å². The van der Waals surface area contributed by atoms with Crippen molar-refractivity contribution in [3.8, 4) is 6.07 Å². The molecule has 1 saturated carbocycles. The summed E-state index contributed by atoms with van der Waals surface area (Å²) in [6.45, 7) is 5.40. The minimum atomic E-state index is -1.11. The zero-order valence-electron chi connectivity index (χ0n) is 16.5. The SMILES string of the molecule is CC/C=c1\[nH]cc\c1=C(\C)N(C)[C@H]1C[C@@H](N[S+]([O-])CC2(CC#N)COC2)C1. The quantitative estimate of drug-likeness (QED) is 0.646. The van der Waals surface area contributed by atoms with Gasteiger partial charge in [0.25, 0.3) is 0 Å². The van der Waals surface area contributed by atoms with Crippen molar-refractivity contribution in [1.29, 1.82) is 5.26 Å². The average Bonchev–Trinajstić information content (AvgIpc) is 3.03. The lowest BCUT2D eigenvalue weighted by Gasteiger charge is -2.44. The molecule has 27 heavy (non-hydrogen) atoms. The molecule has 0 aromatic carbocycles. The summed E-state index contributed by atoms with van der Waals surface area (Å²) in [7, 11) is 2.14. The fourth-order valence-electron chi connectivity index (χ4n) is 3.84. The largest absolute Gasteiger partial charge is 0.598 e. The van der Waals surface area contributed by atoms with Crippen molar-refractivity contribution in [1.82, 2.24) is 14.6 Å². The lowest BCUT2D eigenvalue weighted by atomic mass is 9.85. The molecule has 1 aliphatic heterocycles. The van der Waals surface area contributed by atoms with E-state index in [1.807, 2.05) is 6.20 Å². The van der Waals surface area contributed by atoms with E-state index < -0.39 is 11.4 Å². The Hall–Kier alpha value is -1.46. The molecule has 1 aromatic rings. The number of nitrogens with one attached hydrogen (secondary N) is 2. The molecule has 1 saturated heterocycles. The van der Waals surface area contributed by atoms with Crippen molar-refractivity contribution in [2.24, 2.45) is 5.41 Å². The summed E-state index contributed by atoms with van der Waals surface area (Å²) in [6, 6.07) is 5.07. The fraction of sp³-hybridized carbons (Fsp3) is 0.650. The van der Waals surface area contributed by atoms with Gasteiger partial charge in [0.15, 0.2) is 0 Å². The van der Waals surface area contributed by atoms with Crippen LogP contribution in [0.25, 0.3) is 11.8 Å². The summed E-state index contributed by atoms with van der Waals surface area (Å²) in [6.07, 6.45) is 7.59. The number of hydrogen-bond acceptors (Lipinski definition) is 5. The molecule has 0 radical (unpaired) electrons. The van der Waals surface area contributed by atoms with Crippen molar-refractivity contribution >= 4 is 23.1 Å². The summed E-state index contributed by atoms with van der Waals surface area (Å²) in [5.41, 5.74) is 1.05. The van der Waals surface area contributed by atoms with E-state index in [4.69, 9.17) is 10.00 Å². The summed E-state index contributed by atoms with van der Waals surface area (Å²) in [4.78, 5) is 5.65. The molecule has 1 atom stereocenters. The third-order valence-electron chi connectivity index (χ3n) is 5.77. The van der Waals surface area contributed by atoms with Gasteiger partial charge in [0.05, 0.1) is 30.7 Å². The minimum Gasteiger partial charge on any atom is -0.598 e. The molecule has 0 spiro atoms. The molecular weight excluding hydrogens is 360 g/mol. The predicted octanol–water partition coefficient (Wildman–Crippen LogP) is 0.980. The number of nitrogens with zero attached hydrogens (tertiary/aromatic N) is 2. The van der Waals surface area contributed by atoms with Crippen LogP contribution in [0, 0.1) is 16.7 Å². The molecular formula is C20H30N4O2S. The van der Waals surface area contributed by atoms with Gasteiger partial charge in [0.1, 0.15) is 5.75 Å². The molecule has 148 valence electrons. The first kappa shape index (κ1) is 20.3. The Morgan fingerprint density at radius 3 is 2.89 bits per heavy atom. The van der Waals surface area contributed by atoms with Crippen LogP contribution in [0.15, 0.2) is 12.3 Å². The summed E-state index contributed by atoms with van der Waals surface area (Å²) in [5, 5.41) is 11.4. The highest BCUT2D eigenvalue weighted by Gasteiger charge is 2.44. The van der Waals surface area contributed by atoms with Crippen LogP contribution in [0.5, 0.6) is 0 Å². The Morgan fingerprint density at radius 2 is 2.30 bits per heavy atom. The molecule has 2 aliphatic rings. The van der Waals surface area contributed by atoms with Crippen molar-refractivity contribution in [3.63, 3.8) is 0 Å². The highest BCUT2D eigenvalue weighted by molar-refractivity contribution is 7.89. The van der Waals surface area contributed by atoms with Crippen LogP contribution >= 0.6 is 0 Å². The van der Waals surface area contributed by atoms with Crippen molar-refractivity contribution in [2.75, 3.05) is 26.0 Å². The van der Waals surface area contributed by atoms with E-state index in [2.05, 4.69) is 53.7 Å². The van der Waals surface area contributed by atoms with E-state index in [0.29, 0.717) is 31.4 Å². The number of aromatic nitrogens is 1. The van der Waals surface area contributed by atoms with E-state index in [0.717, 1.165) is 19.3 Å². The fourth-order valence-corrected chi connectivity index (χ4v) is 5.31. The number of ether oxygens (including phenoxy) is 1. The molecule has 1 unspecified atom stereocenters. The monoisotopic (exact) mass is 390 g/mol. The standard InChI is InChI=1S/C20H30N4O2S/c1-4-5-19-18(6-9-22-19)15(2)24(3)17-10-16(11-17)23-27(25)14-20(7-8-21)12-26-13-20/h5-6,9,16-17,22-23H,4,7,10-14H2,1-3H3/b18-15+,19-5-/t16-,17+,27?. The molecule has 0 amide bonds. The number of hydrogen-bond donors (Lipinski definition) is 2. The van der Waals surface area contributed by atoms with Gasteiger partial charge in [-0.3, -0.25) is 0 Å². The maximum atomic E-state index is 12.5. The Morgan fingerprint density at radius 1 is 1.56 bits per heavy atom. The lowest BCUT2D eigenvalue weighted by molar-refractivity contribution is -0.0957.